The normalized spacial score (nSPS) is 12.8. The van der Waals surface area contributed by atoms with Crippen molar-refractivity contribution >= 4 is 55.5 Å². The second-order valence-electron chi connectivity index (χ2n) is 17.6. The van der Waals surface area contributed by atoms with E-state index in [4.69, 9.17) is 19.9 Å². The fourth-order valence-electron chi connectivity index (χ4n) is 7.68. The SMILES string of the molecule is C=Cc1cc2c3ccnc(C)c3c(=O)n(C)c2cc1OC[C@H](CC(C)C)NC(=O)OC(C)(C)C.Cc1nccc2c1c(=O)n(C)c1cc(OC[C@@H](N)CC(C)C)c(CO)cc21. The standard InChI is InChI=1S/C27H35N3O4.C21H27N3O3/c1-9-18-13-21-20-10-11-28-17(4)24(20)25(31)30(8)22(21)14-23(18)33-15-19(12-16(2)3)29-26(32)34-27(5,6)7;1-12(2)7-15(22)11-27-19-9-18-17(8-14(19)10-25)16-5-6-23-13(3)20(16)21(26)24(18)4/h9-11,13-14,16,19H,1,12,15H2,2-8H3,(H,29,32);5-6,8-9,12,15,25H,7,10-11,22H2,1-4H3/t19-;15-/m00/s1. The Hall–Kier alpha value is -5.79. The summed E-state index contributed by atoms with van der Waals surface area (Å²) in [6.45, 7) is 22.0. The molecule has 0 spiro atoms. The second-order valence-corrected chi connectivity index (χ2v) is 17.6. The first kappa shape index (κ1) is 46.3. The highest BCUT2D eigenvalue weighted by atomic mass is 16.6. The number of aliphatic hydroxyl groups is 1. The van der Waals surface area contributed by atoms with Gasteiger partial charge in [0.25, 0.3) is 11.1 Å². The topological polar surface area (TPSA) is 173 Å². The molecule has 326 valence electrons. The van der Waals surface area contributed by atoms with E-state index in [9.17, 15) is 19.5 Å². The maximum Gasteiger partial charge on any atom is 0.407 e. The monoisotopic (exact) mass is 834 g/mol. The fourth-order valence-corrected chi connectivity index (χ4v) is 7.68. The lowest BCUT2D eigenvalue weighted by molar-refractivity contribution is 0.0480. The third-order valence-corrected chi connectivity index (χ3v) is 10.5. The van der Waals surface area contributed by atoms with Gasteiger partial charge in [0.05, 0.1) is 45.8 Å². The largest absolute Gasteiger partial charge is 0.492 e. The van der Waals surface area contributed by atoms with Crippen molar-refractivity contribution in [1.82, 2.24) is 24.4 Å². The molecule has 0 aliphatic carbocycles. The Bertz CT molecular complexity index is 2690. The highest BCUT2D eigenvalue weighted by molar-refractivity contribution is 6.08. The maximum atomic E-state index is 13.1. The van der Waals surface area contributed by atoms with Gasteiger partial charge in [-0.3, -0.25) is 19.6 Å². The summed E-state index contributed by atoms with van der Waals surface area (Å²) in [6, 6.07) is 10.9. The van der Waals surface area contributed by atoms with Crippen molar-refractivity contribution in [3.63, 3.8) is 0 Å². The number of fused-ring (bicyclic) bond motifs is 6. The number of nitrogens with two attached hydrogens (primary N) is 1. The highest BCUT2D eigenvalue weighted by Gasteiger charge is 2.22. The van der Waals surface area contributed by atoms with Crippen LogP contribution >= 0.6 is 0 Å². The minimum atomic E-state index is -0.580. The van der Waals surface area contributed by atoms with E-state index in [0.717, 1.165) is 51.0 Å². The molecule has 2 aromatic carbocycles. The molecule has 13 nitrogen and oxygen atoms in total. The van der Waals surface area contributed by atoms with Crippen LogP contribution in [0.15, 0.2) is 65.0 Å². The van der Waals surface area contributed by atoms with E-state index >= 15 is 0 Å². The number of rotatable bonds is 13. The summed E-state index contributed by atoms with van der Waals surface area (Å²) in [5.74, 6) is 2.00. The molecule has 4 heterocycles. The van der Waals surface area contributed by atoms with Crippen molar-refractivity contribution in [3.05, 3.63) is 98.6 Å². The van der Waals surface area contributed by atoms with Gasteiger partial charge in [-0.15, -0.1) is 0 Å². The third-order valence-electron chi connectivity index (χ3n) is 10.5. The average molecular weight is 835 g/mol. The van der Waals surface area contributed by atoms with E-state index in [1.807, 2.05) is 71.0 Å². The number of alkyl carbamates (subject to hydrolysis) is 1. The first-order valence-corrected chi connectivity index (χ1v) is 20.8. The number of benzene rings is 2. The van der Waals surface area contributed by atoms with Crippen LogP contribution in [0.1, 0.15) is 83.8 Å². The number of nitrogens with zero attached hydrogens (tertiary/aromatic N) is 4. The average Bonchev–Trinajstić information content (AvgIpc) is 3.18. The molecule has 0 aliphatic rings. The molecule has 0 saturated heterocycles. The maximum absolute atomic E-state index is 13.1. The Morgan fingerprint density at radius 3 is 1.82 bits per heavy atom. The summed E-state index contributed by atoms with van der Waals surface area (Å²) in [5.41, 5.74) is 9.73. The van der Waals surface area contributed by atoms with Crippen LogP contribution in [-0.2, 0) is 25.4 Å². The van der Waals surface area contributed by atoms with Gasteiger partial charge in [0, 0.05) is 66.6 Å². The van der Waals surface area contributed by atoms with E-state index in [-0.39, 0.29) is 36.4 Å². The van der Waals surface area contributed by atoms with Gasteiger partial charge in [-0.25, -0.2) is 4.79 Å². The number of nitrogens with one attached hydrogen (secondary N) is 1. The van der Waals surface area contributed by atoms with Crippen LogP contribution in [0.25, 0.3) is 49.4 Å². The lowest BCUT2D eigenvalue weighted by Gasteiger charge is -2.25. The predicted octanol–water partition coefficient (Wildman–Crippen LogP) is 8.00. The molecule has 0 saturated carbocycles. The molecule has 0 aliphatic heterocycles. The van der Waals surface area contributed by atoms with E-state index < -0.39 is 11.7 Å². The van der Waals surface area contributed by atoms with Gasteiger partial charge < -0.3 is 39.5 Å². The summed E-state index contributed by atoms with van der Waals surface area (Å²) in [7, 11) is 3.49. The molecule has 6 aromatic rings. The Morgan fingerprint density at radius 2 is 1.33 bits per heavy atom. The molecule has 4 aromatic heterocycles. The Morgan fingerprint density at radius 1 is 0.820 bits per heavy atom. The molecular formula is C48H62N6O7. The molecule has 61 heavy (non-hydrogen) atoms. The van der Waals surface area contributed by atoms with Gasteiger partial charge in [-0.05, 0) is 94.3 Å². The van der Waals surface area contributed by atoms with Crippen molar-refractivity contribution in [2.75, 3.05) is 13.2 Å². The van der Waals surface area contributed by atoms with Gasteiger partial charge in [0.1, 0.15) is 30.3 Å². The molecule has 1 amide bonds. The van der Waals surface area contributed by atoms with E-state index in [0.29, 0.717) is 57.7 Å². The van der Waals surface area contributed by atoms with Gasteiger partial charge >= 0.3 is 6.09 Å². The number of hydrogen-bond donors (Lipinski definition) is 3. The molecule has 4 N–H and O–H groups in total. The quantitative estimate of drug-likeness (QED) is 0.0969. The number of aliphatic hydroxyl groups excluding tert-OH is 1. The summed E-state index contributed by atoms with van der Waals surface area (Å²) >= 11 is 0. The number of ether oxygens (including phenoxy) is 3. The lowest BCUT2D eigenvalue weighted by atomic mass is 10.0. The van der Waals surface area contributed by atoms with E-state index in [2.05, 4.69) is 49.6 Å². The van der Waals surface area contributed by atoms with Crippen LogP contribution in [0, 0.1) is 25.7 Å². The lowest BCUT2D eigenvalue weighted by Crippen LogP contribution is -2.42. The summed E-state index contributed by atoms with van der Waals surface area (Å²) < 4.78 is 20.8. The van der Waals surface area contributed by atoms with Crippen molar-refractivity contribution in [2.45, 2.75) is 99.4 Å². The zero-order chi connectivity index (χ0) is 44.9. The predicted molar refractivity (Wildman–Crippen MR) is 246 cm³/mol. The summed E-state index contributed by atoms with van der Waals surface area (Å²) in [5, 5.41) is 17.5. The number of amides is 1. The van der Waals surface area contributed by atoms with Crippen molar-refractivity contribution in [2.24, 2.45) is 31.7 Å². The molecule has 0 unspecified atom stereocenters. The van der Waals surface area contributed by atoms with Crippen LogP contribution in [0.2, 0.25) is 0 Å². The van der Waals surface area contributed by atoms with E-state index in [1.54, 1.807) is 41.7 Å². The van der Waals surface area contributed by atoms with Crippen molar-refractivity contribution < 1.29 is 24.1 Å². The van der Waals surface area contributed by atoms with Crippen molar-refractivity contribution in [1.29, 1.82) is 0 Å². The first-order valence-electron chi connectivity index (χ1n) is 20.8. The van der Waals surface area contributed by atoms with Gasteiger partial charge in [0.15, 0.2) is 0 Å². The first-order chi connectivity index (χ1) is 28.7. The smallest absolute Gasteiger partial charge is 0.407 e. The minimum Gasteiger partial charge on any atom is -0.492 e. The molecule has 6 rings (SSSR count). The molecule has 0 fully saturated rings. The van der Waals surface area contributed by atoms with Crippen molar-refractivity contribution in [3.8, 4) is 11.5 Å². The molecule has 2 atom stereocenters. The highest BCUT2D eigenvalue weighted by Crippen LogP contribution is 2.32. The number of aromatic nitrogens is 4. The van der Waals surface area contributed by atoms with Crippen LogP contribution in [0.3, 0.4) is 0 Å². The van der Waals surface area contributed by atoms with Gasteiger partial charge in [-0.1, -0.05) is 40.3 Å². The van der Waals surface area contributed by atoms with Crippen LogP contribution in [0.5, 0.6) is 11.5 Å². The Labute approximate surface area is 357 Å². The van der Waals surface area contributed by atoms with Gasteiger partial charge in [0.2, 0.25) is 0 Å². The van der Waals surface area contributed by atoms with Crippen LogP contribution in [0.4, 0.5) is 4.79 Å². The zero-order valence-electron chi connectivity index (χ0n) is 37.5. The summed E-state index contributed by atoms with van der Waals surface area (Å²) in [4.78, 5) is 46.8. The number of carbonyl (C=O) groups is 1. The molecule has 13 heteroatoms. The Balaban J connectivity index is 0.000000237. The van der Waals surface area contributed by atoms with E-state index in [1.165, 1.54) is 0 Å². The zero-order valence-corrected chi connectivity index (χ0v) is 37.5. The van der Waals surface area contributed by atoms with Crippen LogP contribution in [-0.4, -0.2) is 61.2 Å². The third kappa shape index (κ3) is 10.8. The molecule has 0 bridgehead atoms. The van der Waals surface area contributed by atoms with Gasteiger partial charge in [-0.2, -0.15) is 0 Å². The second kappa shape index (κ2) is 19.3. The summed E-state index contributed by atoms with van der Waals surface area (Å²) in [6.07, 6.45) is 6.27. The minimum absolute atomic E-state index is 0.0820. The Kier molecular flexibility index (Phi) is 14.6. The number of carbonyl (C=O) groups excluding carboxylic acids is 1. The fraction of sp³-hybridized carbons (Fsp3) is 0.438. The molecule has 0 radical (unpaired) electrons. The number of pyridine rings is 4. The molecular weight excluding hydrogens is 773 g/mol. The number of aryl methyl sites for hydroxylation is 4. The van der Waals surface area contributed by atoms with Crippen LogP contribution < -0.4 is 31.6 Å². The number of hydrogen-bond acceptors (Lipinski definition) is 10.